The third kappa shape index (κ3) is 3.56. The molecule has 0 amide bonds. The summed E-state index contributed by atoms with van der Waals surface area (Å²) >= 11 is 0. The second-order valence-corrected chi connectivity index (χ2v) is 5.03. The first-order valence-electron chi connectivity index (χ1n) is 5.81. The molecule has 0 saturated carbocycles. The monoisotopic (exact) mass is 236 g/mol. The minimum atomic E-state index is -1.19. The van der Waals surface area contributed by atoms with Crippen LogP contribution in [0, 0.1) is 0 Å². The van der Waals surface area contributed by atoms with Crippen LogP contribution in [0.25, 0.3) is 0 Å². The molecule has 0 aromatic heterocycles. The van der Waals surface area contributed by atoms with Crippen LogP contribution in [0.15, 0.2) is 24.3 Å². The van der Waals surface area contributed by atoms with Gasteiger partial charge in [-0.2, -0.15) is 0 Å². The topological polar surface area (TPSA) is 46.5 Å². The lowest BCUT2D eigenvalue weighted by Crippen LogP contribution is -2.16. The lowest BCUT2D eigenvalue weighted by Gasteiger charge is -2.19. The van der Waals surface area contributed by atoms with Crippen LogP contribution in [0.3, 0.4) is 0 Å². The van der Waals surface area contributed by atoms with Crippen molar-refractivity contribution in [2.45, 2.75) is 39.2 Å². The van der Waals surface area contributed by atoms with Crippen molar-refractivity contribution < 1.29 is 14.6 Å². The van der Waals surface area contributed by atoms with Crippen LogP contribution < -0.4 is 0 Å². The number of hydrogen-bond donors (Lipinski definition) is 1. The van der Waals surface area contributed by atoms with Crippen molar-refractivity contribution in [1.82, 2.24) is 0 Å². The first kappa shape index (κ1) is 13.7. The van der Waals surface area contributed by atoms with Gasteiger partial charge in [-0.05, 0) is 23.5 Å². The highest BCUT2D eigenvalue weighted by Gasteiger charge is 2.19. The lowest BCUT2D eigenvalue weighted by molar-refractivity contribution is -0.153. The van der Waals surface area contributed by atoms with Gasteiger partial charge in [0.2, 0.25) is 0 Å². The second-order valence-electron chi connectivity index (χ2n) is 5.03. The summed E-state index contributed by atoms with van der Waals surface area (Å²) in [6, 6.07) is 7.39. The summed E-state index contributed by atoms with van der Waals surface area (Å²) in [7, 11) is 0. The molecule has 3 nitrogen and oxygen atoms in total. The van der Waals surface area contributed by atoms with Crippen LogP contribution >= 0.6 is 0 Å². The average molecular weight is 236 g/mol. The zero-order valence-corrected chi connectivity index (χ0v) is 10.9. The molecule has 0 aliphatic rings. The van der Waals surface area contributed by atoms with Crippen LogP contribution in [-0.2, 0) is 14.9 Å². The maximum atomic E-state index is 11.4. The number of rotatable bonds is 3. The number of carbonyl (C=O) groups excluding carboxylic acids is 1. The Kier molecular flexibility index (Phi) is 4.29. The zero-order chi connectivity index (χ0) is 13.1. The number of esters is 1. The molecule has 0 heterocycles. The van der Waals surface area contributed by atoms with Crippen molar-refractivity contribution in [1.29, 1.82) is 0 Å². The molecule has 0 spiro atoms. The molecule has 1 aromatic carbocycles. The van der Waals surface area contributed by atoms with Crippen molar-refractivity contribution in [2.75, 3.05) is 6.61 Å². The molecule has 1 unspecified atom stereocenters. The van der Waals surface area contributed by atoms with E-state index in [4.69, 9.17) is 4.74 Å². The fourth-order valence-electron chi connectivity index (χ4n) is 1.52. The Hall–Kier alpha value is -1.35. The quantitative estimate of drug-likeness (QED) is 0.820. The van der Waals surface area contributed by atoms with Gasteiger partial charge in [-0.1, -0.05) is 45.0 Å². The fourth-order valence-corrected chi connectivity index (χ4v) is 1.52. The van der Waals surface area contributed by atoms with E-state index in [1.54, 1.807) is 19.1 Å². The molecule has 17 heavy (non-hydrogen) atoms. The largest absolute Gasteiger partial charge is 0.464 e. The molecule has 1 aromatic rings. The summed E-state index contributed by atoms with van der Waals surface area (Å²) < 4.78 is 4.77. The highest BCUT2D eigenvalue weighted by molar-refractivity contribution is 5.76. The number of ether oxygens (including phenoxy) is 1. The second kappa shape index (κ2) is 5.32. The molecular formula is C14H20O3. The van der Waals surface area contributed by atoms with Gasteiger partial charge in [0.05, 0.1) is 6.61 Å². The third-order valence-corrected chi connectivity index (χ3v) is 2.60. The molecule has 3 heteroatoms. The van der Waals surface area contributed by atoms with Gasteiger partial charge in [0.1, 0.15) is 0 Å². The van der Waals surface area contributed by atoms with E-state index < -0.39 is 12.1 Å². The Morgan fingerprint density at radius 2 is 1.82 bits per heavy atom. The third-order valence-electron chi connectivity index (χ3n) is 2.60. The van der Waals surface area contributed by atoms with Gasteiger partial charge in [-0.25, -0.2) is 4.79 Å². The highest BCUT2D eigenvalue weighted by Crippen LogP contribution is 2.24. The Balaban J connectivity index is 2.84. The minimum Gasteiger partial charge on any atom is -0.464 e. The van der Waals surface area contributed by atoms with Gasteiger partial charge in [0.15, 0.2) is 6.10 Å². The van der Waals surface area contributed by atoms with Gasteiger partial charge >= 0.3 is 5.97 Å². The van der Waals surface area contributed by atoms with E-state index in [0.29, 0.717) is 5.56 Å². The molecular weight excluding hydrogens is 216 g/mol. The van der Waals surface area contributed by atoms with Gasteiger partial charge in [0.25, 0.3) is 0 Å². The van der Waals surface area contributed by atoms with Crippen molar-refractivity contribution in [3.63, 3.8) is 0 Å². The van der Waals surface area contributed by atoms with E-state index in [-0.39, 0.29) is 12.0 Å². The van der Waals surface area contributed by atoms with Crippen molar-refractivity contribution >= 4 is 5.97 Å². The first-order chi connectivity index (χ1) is 7.86. The standard InChI is InChI=1S/C14H20O3/c1-5-17-13(16)12(15)10-6-8-11(9-7-10)14(2,3)4/h6-9,12,15H,5H2,1-4H3. The van der Waals surface area contributed by atoms with Crippen molar-refractivity contribution in [2.24, 2.45) is 0 Å². The van der Waals surface area contributed by atoms with Crippen LogP contribution in [0.4, 0.5) is 0 Å². The molecule has 0 saturated heterocycles. The van der Waals surface area contributed by atoms with Gasteiger partial charge in [-0.3, -0.25) is 0 Å². The summed E-state index contributed by atoms with van der Waals surface area (Å²) in [4.78, 5) is 11.4. The summed E-state index contributed by atoms with van der Waals surface area (Å²) in [6.07, 6.45) is -1.19. The molecule has 1 rings (SSSR count). The molecule has 1 N–H and O–H groups in total. The van der Waals surface area contributed by atoms with Gasteiger partial charge in [-0.15, -0.1) is 0 Å². The SMILES string of the molecule is CCOC(=O)C(O)c1ccc(C(C)(C)C)cc1. The Morgan fingerprint density at radius 3 is 2.24 bits per heavy atom. The van der Waals surface area contributed by atoms with Gasteiger partial charge < -0.3 is 9.84 Å². The molecule has 0 radical (unpaired) electrons. The molecule has 1 atom stereocenters. The minimum absolute atomic E-state index is 0.0629. The van der Waals surface area contributed by atoms with E-state index in [1.165, 1.54) is 0 Å². The van der Waals surface area contributed by atoms with E-state index in [0.717, 1.165) is 5.56 Å². The molecule has 0 fully saturated rings. The molecule has 0 bridgehead atoms. The number of benzene rings is 1. The average Bonchev–Trinajstić information content (AvgIpc) is 2.27. The maximum absolute atomic E-state index is 11.4. The van der Waals surface area contributed by atoms with E-state index in [2.05, 4.69) is 20.8 Å². The smallest absolute Gasteiger partial charge is 0.339 e. The van der Waals surface area contributed by atoms with Crippen LogP contribution in [0.5, 0.6) is 0 Å². The maximum Gasteiger partial charge on any atom is 0.339 e. The summed E-state index contributed by atoms with van der Waals surface area (Å²) in [6.45, 7) is 8.33. The van der Waals surface area contributed by atoms with Crippen molar-refractivity contribution in [3.05, 3.63) is 35.4 Å². The Bertz CT molecular complexity index is 373. The first-order valence-corrected chi connectivity index (χ1v) is 5.81. The molecule has 0 aliphatic heterocycles. The normalized spacial score (nSPS) is 13.2. The number of aliphatic hydroxyl groups excluding tert-OH is 1. The fraction of sp³-hybridized carbons (Fsp3) is 0.500. The van der Waals surface area contributed by atoms with Crippen LogP contribution in [0.1, 0.15) is 44.9 Å². The summed E-state index contributed by atoms with van der Waals surface area (Å²) in [5, 5.41) is 9.74. The van der Waals surface area contributed by atoms with Crippen LogP contribution in [0.2, 0.25) is 0 Å². The predicted octanol–water partition coefficient (Wildman–Crippen LogP) is 2.58. The van der Waals surface area contributed by atoms with E-state index in [9.17, 15) is 9.90 Å². The molecule has 94 valence electrons. The van der Waals surface area contributed by atoms with E-state index in [1.807, 2.05) is 12.1 Å². The zero-order valence-electron chi connectivity index (χ0n) is 10.9. The Labute approximate surface area is 102 Å². The van der Waals surface area contributed by atoms with Gasteiger partial charge in [0, 0.05) is 0 Å². The molecule has 0 aliphatic carbocycles. The number of hydrogen-bond acceptors (Lipinski definition) is 3. The Morgan fingerprint density at radius 1 is 1.29 bits per heavy atom. The summed E-state index contributed by atoms with van der Waals surface area (Å²) in [5.74, 6) is -0.601. The van der Waals surface area contributed by atoms with Crippen LogP contribution in [-0.4, -0.2) is 17.7 Å². The predicted molar refractivity (Wildman–Crippen MR) is 66.7 cm³/mol. The lowest BCUT2D eigenvalue weighted by atomic mass is 9.86. The summed E-state index contributed by atoms with van der Waals surface area (Å²) in [5.41, 5.74) is 1.79. The van der Waals surface area contributed by atoms with Crippen molar-refractivity contribution in [3.8, 4) is 0 Å². The highest BCUT2D eigenvalue weighted by atomic mass is 16.5. The van der Waals surface area contributed by atoms with E-state index >= 15 is 0 Å². The number of aliphatic hydroxyl groups is 1. The number of carbonyl (C=O) groups is 1.